The summed E-state index contributed by atoms with van der Waals surface area (Å²) in [5.74, 6) is -0.148. The van der Waals surface area contributed by atoms with Crippen molar-refractivity contribution in [3.63, 3.8) is 0 Å². The van der Waals surface area contributed by atoms with Gasteiger partial charge in [0.2, 0.25) is 5.91 Å². The van der Waals surface area contributed by atoms with Gasteiger partial charge >= 0.3 is 0 Å². The highest BCUT2D eigenvalue weighted by atomic mass is 19.1. The van der Waals surface area contributed by atoms with E-state index in [-0.39, 0.29) is 23.8 Å². The van der Waals surface area contributed by atoms with E-state index in [9.17, 15) is 9.18 Å². The number of hydrogen-bond acceptors (Lipinski definition) is 4. The van der Waals surface area contributed by atoms with E-state index in [2.05, 4.69) is 34.3 Å². The number of amides is 1. The molecule has 0 aliphatic carbocycles. The highest BCUT2D eigenvalue weighted by molar-refractivity contribution is 5.78. The van der Waals surface area contributed by atoms with Crippen molar-refractivity contribution in [2.24, 2.45) is 0 Å². The van der Waals surface area contributed by atoms with Gasteiger partial charge in [-0.1, -0.05) is 12.1 Å². The third-order valence-corrected chi connectivity index (χ3v) is 5.56. The molecule has 1 unspecified atom stereocenters. The van der Waals surface area contributed by atoms with Gasteiger partial charge in [0.1, 0.15) is 5.82 Å². The van der Waals surface area contributed by atoms with Crippen LogP contribution in [0.25, 0.3) is 0 Å². The standard InChI is InChI=1S/C20H31FN4O/c1-15(2)24-9-6-18(7-10-24)23-20(26)14-25-11-8-22-13-19(25)16-4-3-5-17(21)12-16/h3-5,12,15,18-19,22H,6-11,13-14H2,1-2H3,(H,23,26). The fourth-order valence-corrected chi connectivity index (χ4v) is 4.00. The Kier molecular flexibility index (Phi) is 6.62. The second kappa shape index (κ2) is 8.93. The molecule has 0 spiro atoms. The molecule has 1 amide bonds. The number of carbonyl (C=O) groups is 1. The van der Waals surface area contributed by atoms with Crippen molar-refractivity contribution in [3.05, 3.63) is 35.6 Å². The highest BCUT2D eigenvalue weighted by Crippen LogP contribution is 2.22. The normalized spacial score (nSPS) is 23.3. The number of likely N-dealkylation sites (tertiary alicyclic amines) is 1. The first-order valence-electron chi connectivity index (χ1n) is 9.76. The second-order valence-corrected chi connectivity index (χ2v) is 7.72. The summed E-state index contributed by atoms with van der Waals surface area (Å²) in [5, 5.41) is 6.56. The van der Waals surface area contributed by atoms with E-state index in [1.165, 1.54) is 6.07 Å². The summed E-state index contributed by atoms with van der Waals surface area (Å²) in [6, 6.07) is 7.58. The van der Waals surface area contributed by atoms with E-state index in [0.717, 1.165) is 51.1 Å². The van der Waals surface area contributed by atoms with Gasteiger partial charge in [-0.3, -0.25) is 9.69 Å². The number of halogens is 1. The number of hydrogen-bond donors (Lipinski definition) is 2. The van der Waals surface area contributed by atoms with E-state index in [1.807, 2.05) is 6.07 Å². The Balaban J connectivity index is 1.54. The van der Waals surface area contributed by atoms with Crippen LogP contribution in [0.1, 0.15) is 38.3 Å². The average Bonchev–Trinajstić information content (AvgIpc) is 2.62. The van der Waals surface area contributed by atoms with Crippen molar-refractivity contribution >= 4 is 5.91 Å². The number of nitrogens with one attached hydrogen (secondary N) is 2. The van der Waals surface area contributed by atoms with Crippen molar-refractivity contribution in [1.29, 1.82) is 0 Å². The molecule has 1 atom stereocenters. The molecule has 2 fully saturated rings. The summed E-state index contributed by atoms with van der Waals surface area (Å²) >= 11 is 0. The zero-order valence-electron chi connectivity index (χ0n) is 15.9. The number of nitrogens with zero attached hydrogens (tertiary/aromatic N) is 2. The molecule has 26 heavy (non-hydrogen) atoms. The van der Waals surface area contributed by atoms with Gasteiger partial charge in [0.25, 0.3) is 0 Å². The first-order chi connectivity index (χ1) is 12.5. The maximum absolute atomic E-state index is 13.6. The Morgan fingerprint density at radius 2 is 2.08 bits per heavy atom. The molecule has 2 N–H and O–H groups in total. The number of piperazine rings is 1. The summed E-state index contributed by atoms with van der Waals surface area (Å²) in [5.41, 5.74) is 0.926. The topological polar surface area (TPSA) is 47.6 Å². The van der Waals surface area contributed by atoms with E-state index in [1.54, 1.807) is 12.1 Å². The van der Waals surface area contributed by atoms with Crippen molar-refractivity contribution < 1.29 is 9.18 Å². The lowest BCUT2D eigenvalue weighted by molar-refractivity contribution is -0.124. The number of piperidine rings is 1. The van der Waals surface area contributed by atoms with Crippen LogP contribution in [0.5, 0.6) is 0 Å². The Labute approximate surface area is 155 Å². The molecule has 5 nitrogen and oxygen atoms in total. The Hall–Kier alpha value is -1.50. The predicted molar refractivity (Wildman–Crippen MR) is 101 cm³/mol. The molecule has 0 aromatic heterocycles. The fourth-order valence-electron chi connectivity index (χ4n) is 4.00. The van der Waals surface area contributed by atoms with Gasteiger partial charge in [-0.15, -0.1) is 0 Å². The van der Waals surface area contributed by atoms with Crippen LogP contribution in [0, 0.1) is 5.82 Å². The molecule has 0 saturated carbocycles. The lowest BCUT2D eigenvalue weighted by Crippen LogP contribution is -2.52. The van der Waals surface area contributed by atoms with Crippen LogP contribution in [-0.2, 0) is 4.79 Å². The zero-order valence-corrected chi connectivity index (χ0v) is 15.9. The lowest BCUT2D eigenvalue weighted by atomic mass is 10.0. The van der Waals surface area contributed by atoms with Crippen molar-refractivity contribution in [3.8, 4) is 0 Å². The van der Waals surface area contributed by atoms with Crippen LogP contribution < -0.4 is 10.6 Å². The minimum Gasteiger partial charge on any atom is -0.352 e. The molecule has 2 heterocycles. The van der Waals surface area contributed by atoms with Gasteiger partial charge < -0.3 is 15.5 Å². The molecule has 0 bridgehead atoms. The molecular formula is C20H31FN4O. The summed E-state index contributed by atoms with van der Waals surface area (Å²) < 4.78 is 13.6. The zero-order chi connectivity index (χ0) is 18.5. The first kappa shape index (κ1) is 19.3. The van der Waals surface area contributed by atoms with Gasteiger partial charge in [0.05, 0.1) is 6.54 Å². The molecular weight excluding hydrogens is 331 g/mol. The van der Waals surface area contributed by atoms with E-state index >= 15 is 0 Å². The Morgan fingerprint density at radius 1 is 1.31 bits per heavy atom. The van der Waals surface area contributed by atoms with Gasteiger partial charge in [-0.2, -0.15) is 0 Å². The third-order valence-electron chi connectivity index (χ3n) is 5.56. The fraction of sp³-hybridized carbons (Fsp3) is 0.650. The van der Waals surface area contributed by atoms with E-state index < -0.39 is 0 Å². The monoisotopic (exact) mass is 362 g/mol. The molecule has 1 aromatic carbocycles. The minimum absolute atomic E-state index is 0.0352. The maximum atomic E-state index is 13.6. The number of rotatable bonds is 5. The van der Waals surface area contributed by atoms with Gasteiger partial charge in [0.15, 0.2) is 0 Å². The van der Waals surface area contributed by atoms with Crippen LogP contribution in [-0.4, -0.2) is 67.1 Å². The SMILES string of the molecule is CC(C)N1CCC(NC(=O)CN2CCNCC2c2cccc(F)c2)CC1. The lowest BCUT2D eigenvalue weighted by Gasteiger charge is -2.37. The quantitative estimate of drug-likeness (QED) is 0.838. The van der Waals surface area contributed by atoms with E-state index in [4.69, 9.17) is 0 Å². The van der Waals surface area contributed by atoms with Crippen LogP contribution in [0.15, 0.2) is 24.3 Å². The number of carbonyl (C=O) groups excluding carboxylic acids is 1. The predicted octanol–water partition coefficient (Wildman–Crippen LogP) is 1.76. The largest absolute Gasteiger partial charge is 0.352 e. The molecule has 3 rings (SSSR count). The van der Waals surface area contributed by atoms with Gasteiger partial charge in [-0.05, 0) is 44.4 Å². The molecule has 2 aliphatic rings. The van der Waals surface area contributed by atoms with Crippen LogP contribution in [0.3, 0.4) is 0 Å². The first-order valence-corrected chi connectivity index (χ1v) is 9.76. The summed E-state index contributed by atoms with van der Waals surface area (Å²) in [7, 11) is 0. The second-order valence-electron chi connectivity index (χ2n) is 7.72. The maximum Gasteiger partial charge on any atom is 0.234 e. The molecule has 2 saturated heterocycles. The summed E-state index contributed by atoms with van der Waals surface area (Å²) in [6.07, 6.45) is 2.03. The Morgan fingerprint density at radius 3 is 2.77 bits per heavy atom. The van der Waals surface area contributed by atoms with Crippen molar-refractivity contribution in [2.45, 2.75) is 44.8 Å². The third kappa shape index (κ3) is 5.02. The summed E-state index contributed by atoms with van der Waals surface area (Å²) in [6.45, 7) is 9.28. The van der Waals surface area contributed by atoms with Crippen LogP contribution in [0.2, 0.25) is 0 Å². The number of benzene rings is 1. The molecule has 144 valence electrons. The average molecular weight is 362 g/mol. The smallest absolute Gasteiger partial charge is 0.234 e. The van der Waals surface area contributed by atoms with Crippen molar-refractivity contribution in [1.82, 2.24) is 20.4 Å². The van der Waals surface area contributed by atoms with Crippen LogP contribution in [0.4, 0.5) is 4.39 Å². The van der Waals surface area contributed by atoms with Crippen LogP contribution >= 0.6 is 0 Å². The van der Waals surface area contributed by atoms with Gasteiger partial charge in [0, 0.05) is 50.8 Å². The van der Waals surface area contributed by atoms with Gasteiger partial charge in [-0.25, -0.2) is 4.39 Å². The minimum atomic E-state index is -0.227. The molecule has 0 radical (unpaired) electrons. The summed E-state index contributed by atoms with van der Waals surface area (Å²) in [4.78, 5) is 17.2. The Bertz CT molecular complexity index is 601. The highest BCUT2D eigenvalue weighted by Gasteiger charge is 2.27. The molecule has 1 aromatic rings. The molecule has 6 heteroatoms. The van der Waals surface area contributed by atoms with Crippen molar-refractivity contribution in [2.75, 3.05) is 39.3 Å². The molecule has 2 aliphatic heterocycles. The van der Waals surface area contributed by atoms with E-state index in [0.29, 0.717) is 12.6 Å².